The molecular formula is C22H23N5O4. The van der Waals surface area contributed by atoms with E-state index in [2.05, 4.69) is 25.7 Å². The lowest BCUT2D eigenvalue weighted by atomic mass is 10.00. The zero-order valence-electron chi connectivity index (χ0n) is 17.6. The summed E-state index contributed by atoms with van der Waals surface area (Å²) in [4.78, 5) is 30.7. The zero-order valence-corrected chi connectivity index (χ0v) is 17.6. The highest BCUT2D eigenvalue weighted by molar-refractivity contribution is 6.01. The lowest BCUT2D eigenvalue weighted by Crippen LogP contribution is -2.31. The van der Waals surface area contributed by atoms with E-state index in [1.807, 2.05) is 19.2 Å². The van der Waals surface area contributed by atoms with Crippen molar-refractivity contribution in [3.8, 4) is 16.9 Å². The van der Waals surface area contributed by atoms with Gasteiger partial charge in [0, 0.05) is 26.2 Å². The minimum atomic E-state index is -0.273. The van der Waals surface area contributed by atoms with Crippen molar-refractivity contribution in [3.05, 3.63) is 53.5 Å². The Bertz CT molecular complexity index is 1140. The highest BCUT2D eigenvalue weighted by Crippen LogP contribution is 2.39. The number of benzene rings is 1. The fraction of sp³-hybridized carbons (Fsp3) is 0.273. The van der Waals surface area contributed by atoms with Crippen molar-refractivity contribution >= 4 is 23.3 Å². The lowest BCUT2D eigenvalue weighted by molar-refractivity contribution is -0.114. The Morgan fingerprint density at radius 3 is 2.77 bits per heavy atom. The molecule has 160 valence electrons. The number of amides is 2. The highest BCUT2D eigenvalue weighted by atomic mass is 16.5. The number of likely N-dealkylation sites (N-methyl/N-ethyl adjacent to an activating group) is 1. The normalized spacial score (nSPS) is 12.7. The van der Waals surface area contributed by atoms with Crippen molar-refractivity contribution in [1.82, 2.24) is 15.5 Å². The number of aromatic nitrogens is 2. The van der Waals surface area contributed by atoms with Crippen LogP contribution in [0.5, 0.6) is 5.75 Å². The maximum Gasteiger partial charge on any atom is 0.255 e. The third-order valence-electron chi connectivity index (χ3n) is 4.90. The van der Waals surface area contributed by atoms with Gasteiger partial charge in [-0.1, -0.05) is 5.16 Å². The molecule has 0 saturated carbocycles. The standard InChI is InChI=1S/C22H23N5O4/c1-13-8-17(26-31-13)12-24-22(29)18-9-16(10-19-21(18)30-7-6-27(19)3)15-4-5-23-20(11-15)25-14(2)28/h4-5,8-11H,6-7,12H2,1-3H3,(H,24,29)(H,23,25,28). The van der Waals surface area contributed by atoms with Gasteiger partial charge in [0.2, 0.25) is 5.91 Å². The number of nitrogens with one attached hydrogen (secondary N) is 2. The van der Waals surface area contributed by atoms with Crippen LogP contribution in [-0.2, 0) is 11.3 Å². The molecule has 0 saturated heterocycles. The molecule has 0 unspecified atom stereocenters. The van der Waals surface area contributed by atoms with Crippen molar-refractivity contribution < 1.29 is 18.8 Å². The summed E-state index contributed by atoms with van der Waals surface area (Å²) in [5.41, 5.74) is 3.53. The largest absolute Gasteiger partial charge is 0.489 e. The first-order chi connectivity index (χ1) is 14.9. The zero-order chi connectivity index (χ0) is 22.0. The Kier molecular flexibility index (Phi) is 5.57. The van der Waals surface area contributed by atoms with Crippen LogP contribution in [-0.4, -0.2) is 42.2 Å². The third kappa shape index (κ3) is 4.50. The molecule has 2 aromatic heterocycles. The van der Waals surface area contributed by atoms with Gasteiger partial charge >= 0.3 is 0 Å². The summed E-state index contributed by atoms with van der Waals surface area (Å²) >= 11 is 0. The number of fused-ring (bicyclic) bond motifs is 1. The SMILES string of the molecule is CC(=O)Nc1cc(-c2cc(C(=O)NCc3cc(C)on3)c3c(c2)N(C)CCO3)ccn1. The molecule has 4 rings (SSSR count). The van der Waals surface area contributed by atoms with Crippen LogP contribution in [0.4, 0.5) is 11.5 Å². The lowest BCUT2D eigenvalue weighted by Gasteiger charge is -2.29. The van der Waals surface area contributed by atoms with Crippen LogP contribution in [0.25, 0.3) is 11.1 Å². The second-order valence-electron chi connectivity index (χ2n) is 7.36. The Labute approximate surface area is 179 Å². The van der Waals surface area contributed by atoms with Crippen LogP contribution in [0.3, 0.4) is 0 Å². The second kappa shape index (κ2) is 8.47. The van der Waals surface area contributed by atoms with E-state index in [0.29, 0.717) is 41.7 Å². The Hall–Kier alpha value is -3.88. The van der Waals surface area contributed by atoms with Crippen molar-refractivity contribution in [2.45, 2.75) is 20.4 Å². The van der Waals surface area contributed by atoms with Gasteiger partial charge in [0.1, 0.15) is 23.9 Å². The van der Waals surface area contributed by atoms with E-state index in [1.165, 1.54) is 6.92 Å². The Morgan fingerprint density at radius 2 is 2.03 bits per heavy atom. The van der Waals surface area contributed by atoms with Crippen molar-refractivity contribution in [3.63, 3.8) is 0 Å². The molecule has 0 bridgehead atoms. The molecule has 3 aromatic rings. The molecule has 2 N–H and O–H groups in total. The summed E-state index contributed by atoms with van der Waals surface area (Å²) in [5, 5.41) is 9.47. The van der Waals surface area contributed by atoms with Crippen molar-refractivity contribution in [1.29, 1.82) is 0 Å². The average Bonchev–Trinajstić information content (AvgIpc) is 3.16. The Morgan fingerprint density at radius 1 is 1.19 bits per heavy atom. The smallest absolute Gasteiger partial charge is 0.255 e. The number of anilines is 2. The van der Waals surface area contributed by atoms with Gasteiger partial charge in [-0.15, -0.1) is 0 Å². The topological polar surface area (TPSA) is 110 Å². The van der Waals surface area contributed by atoms with E-state index in [4.69, 9.17) is 9.26 Å². The number of hydrogen-bond donors (Lipinski definition) is 2. The molecule has 31 heavy (non-hydrogen) atoms. The van der Waals surface area contributed by atoms with Crippen molar-refractivity contribution in [2.24, 2.45) is 0 Å². The summed E-state index contributed by atoms with van der Waals surface area (Å²) in [5.74, 6) is 1.19. The second-order valence-corrected chi connectivity index (χ2v) is 7.36. The van der Waals surface area contributed by atoms with Gasteiger partial charge in [0.15, 0.2) is 5.75 Å². The van der Waals surface area contributed by atoms with Gasteiger partial charge < -0.3 is 24.8 Å². The molecule has 1 aliphatic heterocycles. The number of pyridine rings is 1. The number of carbonyl (C=O) groups excluding carboxylic acids is 2. The summed E-state index contributed by atoms with van der Waals surface area (Å²) in [6, 6.07) is 9.13. The molecule has 1 aliphatic rings. The predicted octanol–water partition coefficient (Wildman–Crippen LogP) is 2.76. The first kappa shape index (κ1) is 20.4. The minimum Gasteiger partial charge on any atom is -0.489 e. The summed E-state index contributed by atoms with van der Waals surface area (Å²) in [6.07, 6.45) is 1.62. The summed E-state index contributed by atoms with van der Waals surface area (Å²) in [7, 11) is 1.96. The fourth-order valence-electron chi connectivity index (χ4n) is 3.42. The van der Waals surface area contributed by atoms with Gasteiger partial charge in [-0.3, -0.25) is 9.59 Å². The van der Waals surface area contributed by atoms with Crippen LogP contribution in [0.15, 0.2) is 41.1 Å². The first-order valence-electron chi connectivity index (χ1n) is 9.87. The molecule has 0 atom stereocenters. The molecule has 0 spiro atoms. The number of ether oxygens (including phenoxy) is 1. The van der Waals surface area contributed by atoms with E-state index in [9.17, 15) is 9.59 Å². The van der Waals surface area contributed by atoms with Gasteiger partial charge in [-0.25, -0.2) is 4.98 Å². The van der Waals surface area contributed by atoms with Crippen molar-refractivity contribution in [2.75, 3.05) is 30.4 Å². The van der Waals surface area contributed by atoms with E-state index in [-0.39, 0.29) is 18.4 Å². The minimum absolute atomic E-state index is 0.202. The number of carbonyl (C=O) groups is 2. The third-order valence-corrected chi connectivity index (χ3v) is 4.90. The van der Waals surface area contributed by atoms with E-state index < -0.39 is 0 Å². The average molecular weight is 421 g/mol. The first-order valence-corrected chi connectivity index (χ1v) is 9.87. The molecule has 0 aliphatic carbocycles. The molecule has 0 radical (unpaired) electrons. The number of aryl methyl sites for hydroxylation is 1. The van der Waals surface area contributed by atoms with Gasteiger partial charge in [0.05, 0.1) is 24.3 Å². The summed E-state index contributed by atoms with van der Waals surface area (Å²) < 4.78 is 10.9. The molecule has 2 amide bonds. The van der Waals surface area contributed by atoms with E-state index >= 15 is 0 Å². The predicted molar refractivity (Wildman–Crippen MR) is 115 cm³/mol. The van der Waals surface area contributed by atoms with Gasteiger partial charge in [-0.05, 0) is 42.3 Å². The quantitative estimate of drug-likeness (QED) is 0.652. The van der Waals surface area contributed by atoms with Crippen LogP contribution in [0, 0.1) is 6.92 Å². The summed E-state index contributed by atoms with van der Waals surface area (Å²) in [6.45, 7) is 4.67. The van der Waals surface area contributed by atoms with Crippen LogP contribution >= 0.6 is 0 Å². The number of nitrogens with zero attached hydrogens (tertiary/aromatic N) is 3. The fourth-order valence-corrected chi connectivity index (χ4v) is 3.42. The Balaban J connectivity index is 1.70. The van der Waals surface area contributed by atoms with E-state index in [1.54, 1.807) is 31.3 Å². The molecule has 0 fully saturated rings. The molecule has 1 aromatic carbocycles. The van der Waals surface area contributed by atoms with Gasteiger partial charge in [-0.2, -0.15) is 0 Å². The van der Waals surface area contributed by atoms with Crippen LogP contribution in [0.1, 0.15) is 28.7 Å². The van der Waals surface area contributed by atoms with E-state index in [0.717, 1.165) is 16.8 Å². The van der Waals surface area contributed by atoms with Crippen LogP contribution < -0.4 is 20.3 Å². The molecule has 3 heterocycles. The molecule has 9 heteroatoms. The van der Waals surface area contributed by atoms with Gasteiger partial charge in [0.25, 0.3) is 5.91 Å². The molecule has 9 nitrogen and oxygen atoms in total. The maximum atomic E-state index is 13.1. The maximum absolute atomic E-state index is 13.1. The number of hydrogen-bond acceptors (Lipinski definition) is 7. The highest BCUT2D eigenvalue weighted by Gasteiger charge is 2.24. The monoisotopic (exact) mass is 421 g/mol. The van der Waals surface area contributed by atoms with Crippen LogP contribution in [0.2, 0.25) is 0 Å². The number of rotatable bonds is 5. The molecular weight excluding hydrogens is 398 g/mol.